The second kappa shape index (κ2) is 8.18. The van der Waals surface area contributed by atoms with Gasteiger partial charge in [0.15, 0.2) is 0 Å². The van der Waals surface area contributed by atoms with Crippen molar-refractivity contribution >= 4 is 5.91 Å². The zero-order valence-electron chi connectivity index (χ0n) is 14.0. The summed E-state index contributed by atoms with van der Waals surface area (Å²) in [7, 11) is 0. The Kier molecular flexibility index (Phi) is 6.25. The van der Waals surface area contributed by atoms with E-state index in [4.69, 9.17) is 4.74 Å². The van der Waals surface area contributed by atoms with Crippen molar-refractivity contribution in [3.8, 4) is 5.75 Å². The highest BCUT2D eigenvalue weighted by atomic mass is 16.5. The van der Waals surface area contributed by atoms with Crippen LogP contribution in [0.25, 0.3) is 0 Å². The summed E-state index contributed by atoms with van der Waals surface area (Å²) in [5.41, 5.74) is 1.25. The summed E-state index contributed by atoms with van der Waals surface area (Å²) in [5, 5.41) is 3.12. The molecule has 0 bridgehead atoms. The third kappa shape index (κ3) is 5.34. The molecule has 1 unspecified atom stereocenters. The van der Waals surface area contributed by atoms with Gasteiger partial charge in [0.2, 0.25) is 5.91 Å². The van der Waals surface area contributed by atoms with Crippen LogP contribution in [0.1, 0.15) is 32.3 Å². The summed E-state index contributed by atoms with van der Waals surface area (Å²) in [6.07, 6.45) is 2.07. The van der Waals surface area contributed by atoms with E-state index < -0.39 is 0 Å². The minimum Gasteiger partial charge on any atom is -0.494 e. The predicted octanol–water partition coefficient (Wildman–Crippen LogP) is 2.61. The first-order valence-corrected chi connectivity index (χ1v) is 8.27. The van der Waals surface area contributed by atoms with E-state index >= 15 is 0 Å². The van der Waals surface area contributed by atoms with Crippen LogP contribution in [0.2, 0.25) is 0 Å². The van der Waals surface area contributed by atoms with E-state index in [9.17, 15) is 4.79 Å². The van der Waals surface area contributed by atoms with Crippen LogP contribution in [-0.4, -0.2) is 43.1 Å². The topological polar surface area (TPSA) is 41.6 Å². The molecule has 1 aromatic carbocycles. The van der Waals surface area contributed by atoms with Crippen LogP contribution in [0, 0.1) is 12.8 Å². The molecule has 1 aromatic rings. The van der Waals surface area contributed by atoms with Crippen LogP contribution in [0.5, 0.6) is 5.75 Å². The van der Waals surface area contributed by atoms with Gasteiger partial charge < -0.3 is 15.0 Å². The number of carbonyl (C=O) groups excluding carboxylic acids is 1. The average Bonchev–Trinajstić information content (AvgIpc) is 2.93. The summed E-state index contributed by atoms with van der Waals surface area (Å²) in [5.74, 6) is 1.17. The molecule has 1 saturated heterocycles. The SMILES string of the molecule is Cc1ccc(OCCCN2CCC(NC(=O)C(C)C)C2)cc1. The number of aryl methyl sites for hydroxylation is 1. The Bertz CT molecular complexity index is 470. The zero-order valence-corrected chi connectivity index (χ0v) is 14.0. The van der Waals surface area contributed by atoms with E-state index in [1.165, 1.54) is 5.56 Å². The quantitative estimate of drug-likeness (QED) is 0.787. The molecule has 122 valence electrons. The Labute approximate surface area is 133 Å². The third-order valence-electron chi connectivity index (χ3n) is 4.05. The van der Waals surface area contributed by atoms with Crippen molar-refractivity contribution in [1.82, 2.24) is 10.2 Å². The van der Waals surface area contributed by atoms with Crippen molar-refractivity contribution in [3.63, 3.8) is 0 Å². The van der Waals surface area contributed by atoms with E-state index in [-0.39, 0.29) is 11.8 Å². The lowest BCUT2D eigenvalue weighted by atomic mass is 10.2. The molecule has 2 rings (SSSR count). The first-order chi connectivity index (χ1) is 10.5. The second-order valence-corrected chi connectivity index (χ2v) is 6.46. The number of carbonyl (C=O) groups is 1. The lowest BCUT2D eigenvalue weighted by Crippen LogP contribution is -2.39. The Morgan fingerprint density at radius 1 is 1.36 bits per heavy atom. The molecule has 1 fully saturated rings. The molecule has 4 heteroatoms. The monoisotopic (exact) mass is 304 g/mol. The molecular weight excluding hydrogens is 276 g/mol. The number of likely N-dealkylation sites (tertiary alicyclic amines) is 1. The number of nitrogens with zero attached hydrogens (tertiary/aromatic N) is 1. The van der Waals surface area contributed by atoms with Crippen LogP contribution in [0.4, 0.5) is 0 Å². The highest BCUT2D eigenvalue weighted by Gasteiger charge is 2.23. The van der Waals surface area contributed by atoms with Crippen LogP contribution in [0.3, 0.4) is 0 Å². The van der Waals surface area contributed by atoms with Gasteiger partial charge in [0, 0.05) is 31.6 Å². The number of hydrogen-bond donors (Lipinski definition) is 1. The standard InChI is InChI=1S/C18H28N2O2/c1-14(2)18(21)19-16-9-11-20(13-16)10-4-12-22-17-7-5-15(3)6-8-17/h5-8,14,16H,4,9-13H2,1-3H3,(H,19,21). The Morgan fingerprint density at radius 2 is 2.09 bits per heavy atom. The lowest BCUT2D eigenvalue weighted by Gasteiger charge is -2.17. The minimum atomic E-state index is 0.0666. The molecule has 22 heavy (non-hydrogen) atoms. The maximum absolute atomic E-state index is 11.7. The van der Waals surface area contributed by atoms with Crippen molar-refractivity contribution in [2.75, 3.05) is 26.2 Å². The van der Waals surface area contributed by atoms with Gasteiger partial charge in [-0.2, -0.15) is 0 Å². The first kappa shape index (κ1) is 16.8. The molecule has 0 spiro atoms. The molecule has 1 amide bonds. The van der Waals surface area contributed by atoms with Gasteiger partial charge in [-0.05, 0) is 31.9 Å². The van der Waals surface area contributed by atoms with E-state index in [2.05, 4.69) is 29.3 Å². The summed E-state index contributed by atoms with van der Waals surface area (Å²) in [4.78, 5) is 14.1. The third-order valence-corrected chi connectivity index (χ3v) is 4.05. The van der Waals surface area contributed by atoms with Gasteiger partial charge in [0.05, 0.1) is 6.61 Å². The smallest absolute Gasteiger partial charge is 0.222 e. The number of rotatable bonds is 7. The minimum absolute atomic E-state index is 0.0666. The largest absolute Gasteiger partial charge is 0.494 e. The average molecular weight is 304 g/mol. The summed E-state index contributed by atoms with van der Waals surface area (Å²) in [6.45, 7) is 9.74. The summed E-state index contributed by atoms with van der Waals surface area (Å²) < 4.78 is 5.75. The molecule has 4 nitrogen and oxygen atoms in total. The van der Waals surface area contributed by atoms with Crippen molar-refractivity contribution in [3.05, 3.63) is 29.8 Å². The Balaban J connectivity index is 1.60. The Hall–Kier alpha value is -1.55. The van der Waals surface area contributed by atoms with E-state index in [1.54, 1.807) is 0 Å². The van der Waals surface area contributed by atoms with Gasteiger partial charge in [-0.3, -0.25) is 4.79 Å². The highest BCUT2D eigenvalue weighted by molar-refractivity contribution is 5.78. The molecule has 1 N–H and O–H groups in total. The van der Waals surface area contributed by atoms with Crippen molar-refractivity contribution in [2.45, 2.75) is 39.7 Å². The van der Waals surface area contributed by atoms with Crippen LogP contribution < -0.4 is 10.1 Å². The van der Waals surface area contributed by atoms with Crippen LogP contribution in [-0.2, 0) is 4.79 Å². The summed E-state index contributed by atoms with van der Waals surface area (Å²) >= 11 is 0. The van der Waals surface area contributed by atoms with E-state index in [0.29, 0.717) is 6.04 Å². The molecule has 0 radical (unpaired) electrons. The number of amides is 1. The van der Waals surface area contributed by atoms with Crippen LogP contribution in [0.15, 0.2) is 24.3 Å². The molecule has 1 atom stereocenters. The fourth-order valence-electron chi connectivity index (χ4n) is 2.63. The van der Waals surface area contributed by atoms with E-state index in [0.717, 1.165) is 44.8 Å². The second-order valence-electron chi connectivity index (χ2n) is 6.46. The molecule has 1 aliphatic rings. The number of hydrogen-bond acceptors (Lipinski definition) is 3. The van der Waals surface area contributed by atoms with Gasteiger partial charge in [0.25, 0.3) is 0 Å². The highest BCUT2D eigenvalue weighted by Crippen LogP contribution is 2.13. The fraction of sp³-hybridized carbons (Fsp3) is 0.611. The molecule has 0 aliphatic carbocycles. The first-order valence-electron chi connectivity index (χ1n) is 8.27. The molecule has 1 heterocycles. The van der Waals surface area contributed by atoms with Gasteiger partial charge in [-0.1, -0.05) is 31.5 Å². The van der Waals surface area contributed by atoms with Gasteiger partial charge >= 0.3 is 0 Å². The van der Waals surface area contributed by atoms with Gasteiger partial charge in [-0.15, -0.1) is 0 Å². The number of nitrogens with one attached hydrogen (secondary N) is 1. The molecular formula is C18H28N2O2. The van der Waals surface area contributed by atoms with Crippen LogP contribution >= 0.6 is 0 Å². The fourth-order valence-corrected chi connectivity index (χ4v) is 2.63. The Morgan fingerprint density at radius 3 is 2.77 bits per heavy atom. The van der Waals surface area contributed by atoms with Crippen molar-refractivity contribution in [2.24, 2.45) is 5.92 Å². The lowest BCUT2D eigenvalue weighted by molar-refractivity contribution is -0.124. The zero-order chi connectivity index (χ0) is 15.9. The summed E-state index contributed by atoms with van der Waals surface area (Å²) in [6, 6.07) is 8.48. The predicted molar refractivity (Wildman–Crippen MR) is 89.1 cm³/mol. The molecule has 0 saturated carbocycles. The normalized spacial score (nSPS) is 18.6. The number of ether oxygens (including phenoxy) is 1. The maximum Gasteiger partial charge on any atom is 0.222 e. The van der Waals surface area contributed by atoms with Gasteiger partial charge in [0.1, 0.15) is 5.75 Å². The van der Waals surface area contributed by atoms with E-state index in [1.807, 2.05) is 26.0 Å². The molecule has 0 aromatic heterocycles. The number of benzene rings is 1. The van der Waals surface area contributed by atoms with Gasteiger partial charge in [-0.25, -0.2) is 0 Å². The van der Waals surface area contributed by atoms with Crippen molar-refractivity contribution < 1.29 is 9.53 Å². The van der Waals surface area contributed by atoms with Crippen molar-refractivity contribution in [1.29, 1.82) is 0 Å². The maximum atomic E-state index is 11.7. The molecule has 1 aliphatic heterocycles.